The molecule has 0 aromatic carbocycles. The van der Waals surface area contributed by atoms with Crippen molar-refractivity contribution in [1.29, 1.82) is 0 Å². The third-order valence-electron chi connectivity index (χ3n) is 5.65. The van der Waals surface area contributed by atoms with Gasteiger partial charge in [0.15, 0.2) is 0 Å². The molecule has 3 aliphatic rings. The van der Waals surface area contributed by atoms with Crippen LogP contribution in [0.3, 0.4) is 0 Å². The molecule has 0 saturated carbocycles. The summed E-state index contributed by atoms with van der Waals surface area (Å²) in [5.41, 5.74) is 1.22. The molecule has 3 fully saturated rings. The number of piperidine rings is 1. The summed E-state index contributed by atoms with van der Waals surface area (Å²) in [6, 6.07) is 1.52. The number of likely N-dealkylation sites (tertiary alicyclic amines) is 2. The lowest BCUT2D eigenvalue weighted by Crippen LogP contribution is -2.61. The average molecular weight is 331 g/mol. The van der Waals surface area contributed by atoms with Gasteiger partial charge in [-0.2, -0.15) is 0 Å². The first-order valence-electron chi connectivity index (χ1n) is 9.41. The fourth-order valence-electron chi connectivity index (χ4n) is 4.16. The van der Waals surface area contributed by atoms with Crippen LogP contribution in [0.2, 0.25) is 0 Å². The molecule has 6 nitrogen and oxygen atoms in total. The van der Waals surface area contributed by atoms with Crippen molar-refractivity contribution >= 4 is 5.95 Å². The molecular formula is C18H29N5O. The lowest BCUT2D eigenvalue weighted by Gasteiger charge is -2.49. The molecule has 0 spiro atoms. The van der Waals surface area contributed by atoms with Crippen LogP contribution in [-0.2, 0) is 11.3 Å². The fraction of sp³-hybridized carbons (Fsp3) is 0.778. The average Bonchev–Trinajstić information content (AvgIpc) is 2.60. The zero-order valence-corrected chi connectivity index (χ0v) is 14.7. The van der Waals surface area contributed by atoms with E-state index >= 15 is 0 Å². The van der Waals surface area contributed by atoms with Gasteiger partial charge in [-0.3, -0.25) is 9.80 Å². The fourth-order valence-corrected chi connectivity index (χ4v) is 4.16. The van der Waals surface area contributed by atoms with Gasteiger partial charge in [0.2, 0.25) is 5.95 Å². The normalized spacial score (nSPS) is 27.2. The molecule has 0 radical (unpaired) electrons. The first-order chi connectivity index (χ1) is 11.8. The van der Waals surface area contributed by atoms with E-state index in [9.17, 15) is 0 Å². The van der Waals surface area contributed by atoms with Gasteiger partial charge in [0, 0.05) is 62.8 Å². The van der Waals surface area contributed by atoms with Crippen molar-refractivity contribution in [2.45, 2.75) is 44.8 Å². The number of ether oxygens (including phenoxy) is 1. The predicted octanol–water partition coefficient (Wildman–Crippen LogP) is 1.37. The molecule has 1 aromatic heterocycles. The van der Waals surface area contributed by atoms with E-state index in [0.717, 1.165) is 50.9 Å². The Morgan fingerprint density at radius 1 is 1.08 bits per heavy atom. The zero-order chi connectivity index (χ0) is 16.4. The maximum Gasteiger partial charge on any atom is 0.225 e. The first-order valence-corrected chi connectivity index (χ1v) is 9.41. The highest BCUT2D eigenvalue weighted by Crippen LogP contribution is 2.25. The molecule has 1 aromatic rings. The second-order valence-electron chi connectivity index (χ2n) is 7.42. The van der Waals surface area contributed by atoms with E-state index in [-0.39, 0.29) is 0 Å². The van der Waals surface area contributed by atoms with Crippen LogP contribution in [0.15, 0.2) is 12.4 Å². The Balaban J connectivity index is 1.26. The van der Waals surface area contributed by atoms with Gasteiger partial charge in [-0.1, -0.05) is 6.42 Å². The summed E-state index contributed by atoms with van der Waals surface area (Å²) in [7, 11) is 0. The highest BCUT2D eigenvalue weighted by atomic mass is 16.5. The van der Waals surface area contributed by atoms with Crippen molar-refractivity contribution in [2.75, 3.05) is 50.8 Å². The Morgan fingerprint density at radius 2 is 1.83 bits per heavy atom. The summed E-state index contributed by atoms with van der Waals surface area (Å²) in [4.78, 5) is 16.5. The van der Waals surface area contributed by atoms with Crippen LogP contribution in [0.25, 0.3) is 0 Å². The SMILES string of the molecule is CC1CCCCN1C1CN(Cc2cnc(N3CCOCC3)nc2)C1. The lowest BCUT2D eigenvalue weighted by atomic mass is 9.97. The Labute approximate surface area is 144 Å². The van der Waals surface area contributed by atoms with E-state index in [1.54, 1.807) is 0 Å². The van der Waals surface area contributed by atoms with Gasteiger partial charge in [-0.05, 0) is 26.3 Å². The smallest absolute Gasteiger partial charge is 0.225 e. The molecule has 0 bridgehead atoms. The van der Waals surface area contributed by atoms with Gasteiger partial charge < -0.3 is 9.64 Å². The second kappa shape index (κ2) is 7.33. The number of anilines is 1. The van der Waals surface area contributed by atoms with Gasteiger partial charge in [-0.15, -0.1) is 0 Å². The molecule has 4 rings (SSSR count). The van der Waals surface area contributed by atoms with Crippen molar-refractivity contribution in [3.8, 4) is 0 Å². The third kappa shape index (κ3) is 3.55. The molecule has 4 heterocycles. The number of hydrogen-bond donors (Lipinski definition) is 0. The zero-order valence-electron chi connectivity index (χ0n) is 14.7. The molecule has 1 unspecified atom stereocenters. The molecular weight excluding hydrogens is 302 g/mol. The minimum absolute atomic E-state index is 0.758. The van der Waals surface area contributed by atoms with Crippen LogP contribution in [0.1, 0.15) is 31.7 Å². The molecule has 0 aliphatic carbocycles. The number of hydrogen-bond acceptors (Lipinski definition) is 6. The summed E-state index contributed by atoms with van der Waals surface area (Å²) >= 11 is 0. The summed E-state index contributed by atoms with van der Waals surface area (Å²) < 4.78 is 5.38. The van der Waals surface area contributed by atoms with Gasteiger partial charge in [0.05, 0.1) is 13.2 Å². The van der Waals surface area contributed by atoms with E-state index in [2.05, 4.69) is 31.6 Å². The Morgan fingerprint density at radius 3 is 2.54 bits per heavy atom. The molecule has 0 N–H and O–H groups in total. The molecule has 3 aliphatic heterocycles. The van der Waals surface area contributed by atoms with Gasteiger partial charge in [0.25, 0.3) is 0 Å². The van der Waals surface area contributed by atoms with E-state index in [0.29, 0.717) is 0 Å². The molecule has 0 amide bonds. The van der Waals surface area contributed by atoms with Crippen molar-refractivity contribution in [1.82, 2.24) is 19.8 Å². The van der Waals surface area contributed by atoms with Crippen molar-refractivity contribution in [3.63, 3.8) is 0 Å². The minimum atomic E-state index is 0.758. The predicted molar refractivity (Wildman–Crippen MR) is 94.1 cm³/mol. The van der Waals surface area contributed by atoms with Crippen molar-refractivity contribution < 1.29 is 4.74 Å². The molecule has 24 heavy (non-hydrogen) atoms. The standard InChI is InChI=1S/C18H29N5O/c1-15-4-2-3-5-23(15)17-13-21(14-17)12-16-10-19-18(20-11-16)22-6-8-24-9-7-22/h10-11,15,17H,2-9,12-14H2,1H3. The molecule has 3 saturated heterocycles. The highest BCUT2D eigenvalue weighted by Gasteiger charge is 2.34. The quantitative estimate of drug-likeness (QED) is 0.830. The number of morpholine rings is 1. The van der Waals surface area contributed by atoms with E-state index < -0.39 is 0 Å². The van der Waals surface area contributed by atoms with Crippen LogP contribution in [0, 0.1) is 0 Å². The maximum absolute atomic E-state index is 5.38. The summed E-state index contributed by atoms with van der Waals surface area (Å²) in [5.74, 6) is 0.839. The van der Waals surface area contributed by atoms with Gasteiger partial charge in [-0.25, -0.2) is 9.97 Å². The van der Waals surface area contributed by atoms with E-state index in [4.69, 9.17) is 4.74 Å². The second-order valence-corrected chi connectivity index (χ2v) is 7.42. The largest absolute Gasteiger partial charge is 0.378 e. The van der Waals surface area contributed by atoms with Gasteiger partial charge in [0.1, 0.15) is 0 Å². The molecule has 132 valence electrons. The minimum Gasteiger partial charge on any atom is -0.378 e. The highest BCUT2D eigenvalue weighted by molar-refractivity contribution is 5.30. The van der Waals surface area contributed by atoms with Crippen LogP contribution >= 0.6 is 0 Å². The Kier molecular flexibility index (Phi) is 4.96. The summed E-state index contributed by atoms with van der Waals surface area (Å²) in [6.45, 7) is 10.4. The number of aromatic nitrogens is 2. The van der Waals surface area contributed by atoms with Crippen molar-refractivity contribution in [3.05, 3.63) is 18.0 Å². The molecule has 1 atom stereocenters. The van der Waals surface area contributed by atoms with E-state index in [1.165, 1.54) is 44.5 Å². The first kappa shape index (κ1) is 16.2. The van der Waals surface area contributed by atoms with Crippen LogP contribution < -0.4 is 4.90 Å². The summed E-state index contributed by atoms with van der Waals surface area (Å²) in [6.07, 6.45) is 8.13. The van der Waals surface area contributed by atoms with Crippen LogP contribution in [0.5, 0.6) is 0 Å². The Bertz CT molecular complexity index is 525. The third-order valence-corrected chi connectivity index (χ3v) is 5.65. The number of rotatable bonds is 4. The topological polar surface area (TPSA) is 44.7 Å². The molecule has 6 heteroatoms. The Hall–Kier alpha value is -1.24. The lowest BCUT2D eigenvalue weighted by molar-refractivity contribution is -0.00628. The monoisotopic (exact) mass is 331 g/mol. The number of nitrogens with zero attached hydrogens (tertiary/aromatic N) is 5. The van der Waals surface area contributed by atoms with Crippen LogP contribution in [-0.4, -0.2) is 77.8 Å². The van der Waals surface area contributed by atoms with Gasteiger partial charge >= 0.3 is 0 Å². The van der Waals surface area contributed by atoms with Crippen molar-refractivity contribution in [2.24, 2.45) is 0 Å². The maximum atomic E-state index is 5.38. The summed E-state index contributed by atoms with van der Waals surface area (Å²) in [5, 5.41) is 0. The van der Waals surface area contributed by atoms with Crippen LogP contribution in [0.4, 0.5) is 5.95 Å². The van der Waals surface area contributed by atoms with E-state index in [1.807, 2.05) is 12.4 Å².